The van der Waals surface area contributed by atoms with E-state index in [0.717, 1.165) is 10.6 Å². The van der Waals surface area contributed by atoms with Crippen LogP contribution in [0.4, 0.5) is 0 Å². The third-order valence-corrected chi connectivity index (χ3v) is 3.76. The monoisotopic (exact) mass is 286 g/mol. The molecule has 0 aliphatic carbocycles. The first-order valence-electron chi connectivity index (χ1n) is 6.79. The van der Waals surface area contributed by atoms with Crippen molar-refractivity contribution in [2.45, 2.75) is 51.4 Å². The molecule has 0 unspecified atom stereocenters. The van der Waals surface area contributed by atoms with Gasteiger partial charge in [0, 0.05) is 5.02 Å². The van der Waals surface area contributed by atoms with Crippen LogP contribution in [0.2, 0.25) is 5.02 Å². The van der Waals surface area contributed by atoms with Gasteiger partial charge in [0.1, 0.15) is 0 Å². The zero-order valence-corrected chi connectivity index (χ0v) is 12.4. The SMILES string of the molecule is CCC(O)(CC)O[C@H](CO)CCc1ccccc1Cl. The molecule has 0 heterocycles. The molecule has 3 nitrogen and oxygen atoms in total. The summed E-state index contributed by atoms with van der Waals surface area (Å²) in [6.45, 7) is 3.63. The summed E-state index contributed by atoms with van der Waals surface area (Å²) in [5, 5.41) is 20.2. The molecule has 0 spiro atoms. The fourth-order valence-electron chi connectivity index (χ4n) is 1.93. The summed E-state index contributed by atoms with van der Waals surface area (Å²) < 4.78 is 5.61. The summed E-state index contributed by atoms with van der Waals surface area (Å²) in [4.78, 5) is 0. The quantitative estimate of drug-likeness (QED) is 0.722. The summed E-state index contributed by atoms with van der Waals surface area (Å²) >= 11 is 6.09. The van der Waals surface area contributed by atoms with E-state index < -0.39 is 5.79 Å². The lowest BCUT2D eigenvalue weighted by molar-refractivity contribution is -0.239. The summed E-state index contributed by atoms with van der Waals surface area (Å²) in [6, 6.07) is 7.63. The average Bonchev–Trinajstić information content (AvgIpc) is 2.44. The Kier molecular flexibility index (Phi) is 6.80. The summed E-state index contributed by atoms with van der Waals surface area (Å²) in [7, 11) is 0. The highest BCUT2D eigenvalue weighted by molar-refractivity contribution is 6.31. The molecule has 0 aromatic heterocycles. The first-order valence-corrected chi connectivity index (χ1v) is 7.17. The smallest absolute Gasteiger partial charge is 0.165 e. The molecule has 0 saturated carbocycles. The fraction of sp³-hybridized carbons (Fsp3) is 0.600. The van der Waals surface area contributed by atoms with Crippen LogP contribution in [-0.2, 0) is 11.2 Å². The molecular formula is C15H23ClO3. The van der Waals surface area contributed by atoms with Crippen LogP contribution in [0.1, 0.15) is 38.7 Å². The lowest BCUT2D eigenvalue weighted by atomic mass is 10.1. The lowest BCUT2D eigenvalue weighted by Gasteiger charge is -2.30. The van der Waals surface area contributed by atoms with E-state index >= 15 is 0 Å². The standard InChI is InChI=1S/C15H23ClO3/c1-3-15(18,4-2)19-13(11-17)10-9-12-7-5-6-8-14(12)16/h5-8,13,17-18H,3-4,9-11H2,1-2H3/t13-/m0/s1. The Morgan fingerprint density at radius 2 is 1.89 bits per heavy atom. The molecule has 0 fully saturated rings. The maximum Gasteiger partial charge on any atom is 0.165 e. The largest absolute Gasteiger partial charge is 0.394 e. The molecule has 0 amide bonds. The molecule has 0 aliphatic heterocycles. The number of rotatable bonds is 8. The highest BCUT2D eigenvalue weighted by Gasteiger charge is 2.27. The van der Waals surface area contributed by atoms with Crippen molar-refractivity contribution in [2.75, 3.05) is 6.61 Å². The maximum absolute atomic E-state index is 10.1. The Morgan fingerprint density at radius 3 is 2.42 bits per heavy atom. The van der Waals surface area contributed by atoms with Gasteiger partial charge in [0.15, 0.2) is 5.79 Å². The average molecular weight is 287 g/mol. The van der Waals surface area contributed by atoms with Crippen LogP contribution in [0.25, 0.3) is 0 Å². The van der Waals surface area contributed by atoms with Gasteiger partial charge in [-0.2, -0.15) is 0 Å². The first kappa shape index (κ1) is 16.4. The highest BCUT2D eigenvalue weighted by Crippen LogP contribution is 2.22. The second-order valence-electron chi connectivity index (χ2n) is 4.71. The minimum atomic E-state index is -1.14. The van der Waals surface area contributed by atoms with Crippen molar-refractivity contribution in [2.24, 2.45) is 0 Å². The number of aryl methyl sites for hydroxylation is 1. The number of ether oxygens (including phenoxy) is 1. The zero-order chi connectivity index (χ0) is 14.3. The Bertz CT molecular complexity index is 377. The van der Waals surface area contributed by atoms with Gasteiger partial charge in [0.05, 0.1) is 12.7 Å². The second-order valence-corrected chi connectivity index (χ2v) is 5.11. The molecule has 0 saturated heterocycles. The topological polar surface area (TPSA) is 49.7 Å². The Hall–Kier alpha value is -0.610. The maximum atomic E-state index is 10.1. The van der Waals surface area contributed by atoms with Gasteiger partial charge in [-0.25, -0.2) is 0 Å². The van der Waals surface area contributed by atoms with E-state index in [1.807, 2.05) is 38.1 Å². The Labute approximate surface area is 120 Å². The zero-order valence-electron chi connectivity index (χ0n) is 11.6. The van der Waals surface area contributed by atoms with Gasteiger partial charge in [-0.1, -0.05) is 43.6 Å². The molecule has 1 rings (SSSR count). The number of aliphatic hydroxyl groups excluding tert-OH is 1. The number of benzene rings is 1. The van der Waals surface area contributed by atoms with Crippen LogP contribution in [0.3, 0.4) is 0 Å². The van der Waals surface area contributed by atoms with Crippen LogP contribution in [0.15, 0.2) is 24.3 Å². The minimum Gasteiger partial charge on any atom is -0.394 e. The molecule has 2 N–H and O–H groups in total. The van der Waals surface area contributed by atoms with Crippen molar-refractivity contribution in [1.82, 2.24) is 0 Å². The molecule has 1 aromatic rings. The van der Waals surface area contributed by atoms with Gasteiger partial charge in [-0.3, -0.25) is 0 Å². The van der Waals surface area contributed by atoms with Crippen molar-refractivity contribution in [1.29, 1.82) is 0 Å². The van der Waals surface area contributed by atoms with E-state index in [0.29, 0.717) is 25.7 Å². The van der Waals surface area contributed by atoms with E-state index in [2.05, 4.69) is 0 Å². The molecule has 4 heteroatoms. The summed E-state index contributed by atoms with van der Waals surface area (Å²) in [5.41, 5.74) is 1.03. The van der Waals surface area contributed by atoms with E-state index in [-0.39, 0.29) is 12.7 Å². The lowest BCUT2D eigenvalue weighted by Crippen LogP contribution is -2.37. The van der Waals surface area contributed by atoms with Gasteiger partial charge < -0.3 is 14.9 Å². The van der Waals surface area contributed by atoms with Crippen LogP contribution in [0, 0.1) is 0 Å². The van der Waals surface area contributed by atoms with Crippen molar-refractivity contribution >= 4 is 11.6 Å². The van der Waals surface area contributed by atoms with Crippen molar-refractivity contribution in [3.8, 4) is 0 Å². The van der Waals surface area contributed by atoms with E-state index in [1.54, 1.807) is 0 Å². The van der Waals surface area contributed by atoms with E-state index in [9.17, 15) is 10.2 Å². The minimum absolute atomic E-state index is 0.104. The number of halogens is 1. The van der Waals surface area contributed by atoms with Gasteiger partial charge in [-0.05, 0) is 37.3 Å². The van der Waals surface area contributed by atoms with Crippen molar-refractivity contribution < 1.29 is 14.9 Å². The van der Waals surface area contributed by atoms with Gasteiger partial charge in [0.2, 0.25) is 0 Å². The van der Waals surface area contributed by atoms with Crippen LogP contribution >= 0.6 is 11.6 Å². The van der Waals surface area contributed by atoms with E-state index in [4.69, 9.17) is 16.3 Å². The van der Waals surface area contributed by atoms with E-state index in [1.165, 1.54) is 0 Å². The molecular weight excluding hydrogens is 264 g/mol. The fourth-order valence-corrected chi connectivity index (χ4v) is 2.16. The number of hydrogen-bond acceptors (Lipinski definition) is 3. The predicted molar refractivity (Wildman–Crippen MR) is 77.3 cm³/mol. The molecule has 0 bridgehead atoms. The molecule has 1 aromatic carbocycles. The molecule has 1 atom stereocenters. The third-order valence-electron chi connectivity index (χ3n) is 3.39. The summed E-state index contributed by atoms with van der Waals surface area (Å²) in [6.07, 6.45) is 1.98. The highest BCUT2D eigenvalue weighted by atomic mass is 35.5. The Balaban J connectivity index is 2.56. The Morgan fingerprint density at radius 1 is 1.26 bits per heavy atom. The molecule has 108 valence electrons. The van der Waals surface area contributed by atoms with Gasteiger partial charge >= 0.3 is 0 Å². The molecule has 0 radical (unpaired) electrons. The third kappa shape index (κ3) is 5.11. The van der Waals surface area contributed by atoms with Crippen LogP contribution < -0.4 is 0 Å². The second kappa shape index (κ2) is 7.85. The van der Waals surface area contributed by atoms with Gasteiger partial charge in [-0.15, -0.1) is 0 Å². The van der Waals surface area contributed by atoms with Crippen LogP contribution in [-0.4, -0.2) is 28.7 Å². The van der Waals surface area contributed by atoms with Crippen molar-refractivity contribution in [3.63, 3.8) is 0 Å². The molecule has 19 heavy (non-hydrogen) atoms. The number of aliphatic hydroxyl groups is 2. The number of hydrogen-bond donors (Lipinski definition) is 2. The first-order chi connectivity index (χ1) is 9.04. The summed E-state index contributed by atoms with van der Waals surface area (Å²) in [5.74, 6) is -1.14. The normalized spacial score (nSPS) is 13.5. The van der Waals surface area contributed by atoms with Gasteiger partial charge in [0.25, 0.3) is 0 Å². The van der Waals surface area contributed by atoms with Crippen molar-refractivity contribution in [3.05, 3.63) is 34.9 Å². The predicted octanol–water partition coefficient (Wildman–Crippen LogP) is 3.16. The van der Waals surface area contributed by atoms with Crippen LogP contribution in [0.5, 0.6) is 0 Å². The molecule has 0 aliphatic rings.